The quantitative estimate of drug-likeness (QED) is 0.892. The number of methoxy groups -OCH3 is 1. The zero-order valence-corrected chi connectivity index (χ0v) is 11.3. The van der Waals surface area contributed by atoms with Crippen molar-refractivity contribution >= 4 is 11.6 Å². The molecule has 0 heterocycles. The van der Waals surface area contributed by atoms with E-state index < -0.39 is 0 Å². The van der Waals surface area contributed by atoms with E-state index >= 15 is 0 Å². The Morgan fingerprint density at radius 2 is 2.22 bits per heavy atom. The zero-order valence-electron chi connectivity index (χ0n) is 10.6. The van der Waals surface area contributed by atoms with Crippen LogP contribution in [0.1, 0.15) is 31.2 Å². The van der Waals surface area contributed by atoms with Crippen LogP contribution in [0.5, 0.6) is 0 Å². The summed E-state index contributed by atoms with van der Waals surface area (Å²) in [6.07, 6.45) is 4.61. The summed E-state index contributed by atoms with van der Waals surface area (Å²) >= 11 is 5.72. The molecule has 0 bridgehead atoms. The van der Waals surface area contributed by atoms with Gasteiger partial charge in [0.2, 0.25) is 0 Å². The predicted molar refractivity (Wildman–Crippen MR) is 71.3 cm³/mol. The molecule has 1 saturated carbocycles. The highest BCUT2D eigenvalue weighted by Gasteiger charge is 2.38. The fourth-order valence-electron chi connectivity index (χ4n) is 2.58. The first kappa shape index (κ1) is 13.8. The fourth-order valence-corrected chi connectivity index (χ4v) is 2.74. The van der Waals surface area contributed by atoms with Crippen LogP contribution in [0.25, 0.3) is 0 Å². The topological polar surface area (TPSA) is 35.2 Å². The molecule has 2 N–H and O–H groups in total. The van der Waals surface area contributed by atoms with Gasteiger partial charge in [-0.25, -0.2) is 4.39 Å². The van der Waals surface area contributed by atoms with Crippen LogP contribution in [0.2, 0.25) is 5.02 Å². The lowest BCUT2D eigenvalue weighted by Crippen LogP contribution is -2.45. The average Bonchev–Trinajstić information content (AvgIpc) is 2.27. The Bertz CT molecular complexity index is 415. The molecule has 0 spiro atoms. The maximum atomic E-state index is 13.7. The SMILES string of the molecule is COC1(CC(N)Cc2ccc(Cl)cc2F)CCC1. The smallest absolute Gasteiger partial charge is 0.127 e. The summed E-state index contributed by atoms with van der Waals surface area (Å²) in [4.78, 5) is 0. The van der Waals surface area contributed by atoms with Gasteiger partial charge in [0.15, 0.2) is 0 Å². The molecule has 0 radical (unpaired) electrons. The first-order valence-corrected chi connectivity index (χ1v) is 6.67. The highest BCUT2D eigenvalue weighted by Crippen LogP contribution is 2.39. The van der Waals surface area contributed by atoms with Gasteiger partial charge in [-0.2, -0.15) is 0 Å². The summed E-state index contributed by atoms with van der Waals surface area (Å²) in [7, 11) is 1.73. The largest absolute Gasteiger partial charge is 0.378 e. The van der Waals surface area contributed by atoms with Crippen LogP contribution >= 0.6 is 11.6 Å². The Morgan fingerprint density at radius 3 is 2.72 bits per heavy atom. The van der Waals surface area contributed by atoms with E-state index in [1.807, 2.05) is 0 Å². The van der Waals surface area contributed by atoms with E-state index in [9.17, 15) is 4.39 Å². The molecule has 0 aromatic heterocycles. The normalized spacial score (nSPS) is 19.3. The molecular formula is C14H19ClFNO. The van der Waals surface area contributed by atoms with Crippen molar-refractivity contribution in [1.29, 1.82) is 0 Å². The molecular weight excluding hydrogens is 253 g/mol. The van der Waals surface area contributed by atoms with E-state index in [-0.39, 0.29) is 17.5 Å². The van der Waals surface area contributed by atoms with Crippen molar-refractivity contribution in [3.63, 3.8) is 0 Å². The molecule has 18 heavy (non-hydrogen) atoms. The Labute approximate surface area is 112 Å². The molecule has 1 aromatic carbocycles. The van der Waals surface area contributed by atoms with Crippen LogP contribution in [0.15, 0.2) is 18.2 Å². The van der Waals surface area contributed by atoms with Crippen molar-refractivity contribution in [1.82, 2.24) is 0 Å². The molecule has 1 unspecified atom stereocenters. The van der Waals surface area contributed by atoms with Crippen molar-refractivity contribution in [2.45, 2.75) is 43.7 Å². The van der Waals surface area contributed by atoms with Gasteiger partial charge in [-0.05, 0) is 49.8 Å². The van der Waals surface area contributed by atoms with Crippen LogP contribution in [-0.2, 0) is 11.2 Å². The third kappa shape index (κ3) is 3.02. The number of benzene rings is 1. The highest BCUT2D eigenvalue weighted by molar-refractivity contribution is 6.30. The molecule has 2 rings (SSSR count). The zero-order chi connectivity index (χ0) is 13.2. The first-order chi connectivity index (χ1) is 8.54. The standard InChI is InChI=1S/C14H19ClFNO/c1-18-14(5-2-6-14)9-12(17)7-10-3-4-11(15)8-13(10)16/h3-4,8,12H,2,5-7,9,17H2,1H3. The van der Waals surface area contributed by atoms with E-state index in [1.165, 1.54) is 12.5 Å². The van der Waals surface area contributed by atoms with Crippen LogP contribution in [-0.4, -0.2) is 18.8 Å². The molecule has 0 aliphatic heterocycles. The first-order valence-electron chi connectivity index (χ1n) is 6.29. The predicted octanol–water partition coefficient (Wildman–Crippen LogP) is 3.31. The summed E-state index contributed by atoms with van der Waals surface area (Å²) in [5, 5.41) is 0.414. The van der Waals surface area contributed by atoms with Crippen molar-refractivity contribution in [3.05, 3.63) is 34.6 Å². The Hall–Kier alpha value is -0.640. The van der Waals surface area contributed by atoms with Gasteiger partial charge in [0, 0.05) is 18.2 Å². The second-order valence-corrected chi connectivity index (χ2v) is 5.58. The van der Waals surface area contributed by atoms with Crippen molar-refractivity contribution in [2.24, 2.45) is 5.73 Å². The third-order valence-electron chi connectivity index (χ3n) is 3.83. The summed E-state index contributed by atoms with van der Waals surface area (Å²) in [6, 6.07) is 4.65. The van der Waals surface area contributed by atoms with Crippen LogP contribution < -0.4 is 5.73 Å². The van der Waals surface area contributed by atoms with Gasteiger partial charge in [-0.1, -0.05) is 17.7 Å². The second kappa shape index (κ2) is 5.55. The van der Waals surface area contributed by atoms with E-state index in [4.69, 9.17) is 22.1 Å². The summed E-state index contributed by atoms with van der Waals surface area (Å²) in [5.41, 5.74) is 6.66. The fraction of sp³-hybridized carbons (Fsp3) is 0.571. The van der Waals surface area contributed by atoms with Crippen LogP contribution in [0, 0.1) is 5.82 Å². The lowest BCUT2D eigenvalue weighted by atomic mass is 9.75. The van der Waals surface area contributed by atoms with Gasteiger partial charge in [0.05, 0.1) is 5.60 Å². The monoisotopic (exact) mass is 271 g/mol. The molecule has 2 nitrogen and oxygen atoms in total. The van der Waals surface area contributed by atoms with Crippen molar-refractivity contribution in [2.75, 3.05) is 7.11 Å². The van der Waals surface area contributed by atoms with Crippen molar-refractivity contribution in [3.8, 4) is 0 Å². The lowest BCUT2D eigenvalue weighted by molar-refractivity contribution is -0.0813. The molecule has 1 aliphatic carbocycles. The average molecular weight is 272 g/mol. The molecule has 0 amide bonds. The van der Waals surface area contributed by atoms with Gasteiger partial charge in [0.1, 0.15) is 5.82 Å². The van der Waals surface area contributed by atoms with Gasteiger partial charge >= 0.3 is 0 Å². The van der Waals surface area contributed by atoms with Gasteiger partial charge in [-0.3, -0.25) is 0 Å². The van der Waals surface area contributed by atoms with E-state index in [0.29, 0.717) is 17.0 Å². The molecule has 1 fully saturated rings. The number of halogens is 2. The number of ether oxygens (including phenoxy) is 1. The Morgan fingerprint density at radius 1 is 1.50 bits per heavy atom. The number of nitrogens with two attached hydrogens (primary N) is 1. The van der Waals surface area contributed by atoms with E-state index in [2.05, 4.69) is 0 Å². The number of hydrogen-bond donors (Lipinski definition) is 1. The minimum atomic E-state index is -0.280. The maximum Gasteiger partial charge on any atom is 0.127 e. The van der Waals surface area contributed by atoms with Crippen molar-refractivity contribution < 1.29 is 9.13 Å². The van der Waals surface area contributed by atoms with Gasteiger partial charge in [0.25, 0.3) is 0 Å². The minimum Gasteiger partial charge on any atom is -0.378 e. The van der Waals surface area contributed by atoms with Crippen LogP contribution in [0.4, 0.5) is 4.39 Å². The molecule has 1 aliphatic rings. The minimum absolute atomic E-state index is 0.0671. The molecule has 4 heteroatoms. The summed E-state index contributed by atoms with van der Waals surface area (Å²) in [6.45, 7) is 0. The molecule has 1 aromatic rings. The second-order valence-electron chi connectivity index (χ2n) is 5.14. The number of hydrogen-bond acceptors (Lipinski definition) is 2. The van der Waals surface area contributed by atoms with Gasteiger partial charge in [-0.15, -0.1) is 0 Å². The Kier molecular flexibility index (Phi) is 4.25. The third-order valence-corrected chi connectivity index (χ3v) is 4.06. The summed E-state index contributed by atoms with van der Waals surface area (Å²) in [5.74, 6) is -0.280. The summed E-state index contributed by atoms with van der Waals surface area (Å²) < 4.78 is 19.2. The molecule has 0 saturated heterocycles. The van der Waals surface area contributed by atoms with Gasteiger partial charge < -0.3 is 10.5 Å². The van der Waals surface area contributed by atoms with Crippen LogP contribution in [0.3, 0.4) is 0 Å². The lowest BCUT2D eigenvalue weighted by Gasteiger charge is -2.42. The molecule has 100 valence electrons. The maximum absolute atomic E-state index is 13.7. The number of rotatable bonds is 5. The van der Waals surface area contributed by atoms with E-state index in [1.54, 1.807) is 19.2 Å². The molecule has 1 atom stereocenters. The van der Waals surface area contributed by atoms with E-state index in [0.717, 1.165) is 19.3 Å². The Balaban J connectivity index is 1.96. The highest BCUT2D eigenvalue weighted by atomic mass is 35.5.